The Morgan fingerprint density at radius 1 is 1.04 bits per heavy atom. The van der Waals surface area contributed by atoms with E-state index in [0.717, 1.165) is 18.5 Å². The zero-order valence-electron chi connectivity index (χ0n) is 14.6. The van der Waals surface area contributed by atoms with E-state index in [0.29, 0.717) is 11.6 Å². The highest BCUT2D eigenvalue weighted by molar-refractivity contribution is 5.89. The summed E-state index contributed by atoms with van der Waals surface area (Å²) < 4.78 is 6.22. The van der Waals surface area contributed by atoms with Gasteiger partial charge in [-0.1, -0.05) is 55.5 Å². The number of nitrogens with zero attached hydrogens (tertiary/aromatic N) is 1. The van der Waals surface area contributed by atoms with Gasteiger partial charge in [-0.25, -0.2) is 4.79 Å². The van der Waals surface area contributed by atoms with Gasteiger partial charge < -0.3 is 9.64 Å². The molecule has 0 radical (unpaired) electrons. The molecule has 1 fully saturated rings. The predicted octanol–water partition coefficient (Wildman–Crippen LogP) is 4.10. The smallest absolute Gasteiger partial charge is 0.339 e. The molecule has 3 nitrogen and oxygen atoms in total. The molecule has 0 N–H and O–H groups in total. The molecule has 0 amide bonds. The Balaban J connectivity index is 1.98. The van der Waals surface area contributed by atoms with Gasteiger partial charge >= 0.3 is 5.97 Å². The minimum Gasteiger partial charge on any atom is -0.450 e. The molecule has 126 valence electrons. The van der Waals surface area contributed by atoms with Crippen molar-refractivity contribution in [3.05, 3.63) is 71.8 Å². The van der Waals surface area contributed by atoms with E-state index in [1.807, 2.05) is 48.5 Å². The van der Waals surface area contributed by atoms with Crippen LogP contribution in [-0.2, 0) is 10.3 Å². The van der Waals surface area contributed by atoms with Crippen LogP contribution in [0.4, 0.5) is 0 Å². The summed E-state index contributed by atoms with van der Waals surface area (Å²) in [6.07, 6.45) is 0.799. The Labute approximate surface area is 144 Å². The quantitative estimate of drug-likeness (QED) is 0.797. The summed E-state index contributed by atoms with van der Waals surface area (Å²) in [5.41, 5.74) is 1.11. The first-order valence-corrected chi connectivity index (χ1v) is 8.57. The standard InChI is InChI=1S/C21H25NO2/c1-16-15-22(3)17(2)14-21(16,19-12-8-5-9-13-19)24-20(23)18-10-6-4-7-11-18/h4-13,16-17H,14-15H2,1-3H3/t16-,17-,21-/m1/s1. The third-order valence-corrected chi connectivity index (χ3v) is 5.26. The van der Waals surface area contributed by atoms with Crippen molar-refractivity contribution in [1.29, 1.82) is 0 Å². The summed E-state index contributed by atoms with van der Waals surface area (Å²) in [6.45, 7) is 5.27. The van der Waals surface area contributed by atoms with E-state index in [4.69, 9.17) is 4.74 Å². The molecule has 0 spiro atoms. The molecule has 0 aromatic heterocycles. The second-order valence-corrected chi connectivity index (χ2v) is 6.90. The molecule has 24 heavy (non-hydrogen) atoms. The fourth-order valence-corrected chi connectivity index (χ4v) is 3.68. The van der Waals surface area contributed by atoms with Gasteiger partial charge in [0.1, 0.15) is 5.60 Å². The number of likely N-dealkylation sites (tertiary alicyclic amines) is 1. The number of carbonyl (C=O) groups is 1. The summed E-state index contributed by atoms with van der Waals surface area (Å²) in [6, 6.07) is 19.8. The summed E-state index contributed by atoms with van der Waals surface area (Å²) in [5, 5.41) is 0. The van der Waals surface area contributed by atoms with Crippen LogP contribution < -0.4 is 0 Å². The van der Waals surface area contributed by atoms with Crippen LogP contribution in [0.3, 0.4) is 0 Å². The van der Waals surface area contributed by atoms with E-state index < -0.39 is 5.60 Å². The molecular weight excluding hydrogens is 298 g/mol. The third kappa shape index (κ3) is 3.09. The van der Waals surface area contributed by atoms with E-state index >= 15 is 0 Å². The number of piperidine rings is 1. The highest BCUT2D eigenvalue weighted by Gasteiger charge is 2.47. The number of hydrogen-bond donors (Lipinski definition) is 0. The molecule has 2 aromatic rings. The third-order valence-electron chi connectivity index (χ3n) is 5.26. The Kier molecular flexibility index (Phi) is 4.72. The SMILES string of the molecule is C[C@@H]1C[C@](OC(=O)c2ccccc2)(c2ccccc2)[C@H](C)CN1C. The number of hydrogen-bond acceptors (Lipinski definition) is 3. The average molecular weight is 323 g/mol. The molecule has 1 heterocycles. The van der Waals surface area contributed by atoms with E-state index in [9.17, 15) is 4.79 Å². The highest BCUT2D eigenvalue weighted by atomic mass is 16.6. The Morgan fingerprint density at radius 3 is 2.25 bits per heavy atom. The maximum Gasteiger partial charge on any atom is 0.339 e. The van der Waals surface area contributed by atoms with Gasteiger partial charge in [0.15, 0.2) is 0 Å². The largest absolute Gasteiger partial charge is 0.450 e. The van der Waals surface area contributed by atoms with E-state index in [-0.39, 0.29) is 11.9 Å². The molecular formula is C21H25NO2. The van der Waals surface area contributed by atoms with Crippen LogP contribution in [0.1, 0.15) is 36.2 Å². The van der Waals surface area contributed by atoms with Gasteiger partial charge in [-0.05, 0) is 31.7 Å². The average Bonchev–Trinajstić information content (AvgIpc) is 2.61. The number of benzene rings is 2. The zero-order chi connectivity index (χ0) is 17.2. The lowest BCUT2D eigenvalue weighted by molar-refractivity contribution is -0.0989. The van der Waals surface area contributed by atoms with Crippen molar-refractivity contribution in [3.63, 3.8) is 0 Å². The van der Waals surface area contributed by atoms with Crippen LogP contribution in [-0.4, -0.2) is 30.5 Å². The number of ether oxygens (including phenoxy) is 1. The van der Waals surface area contributed by atoms with Crippen molar-refractivity contribution in [3.8, 4) is 0 Å². The van der Waals surface area contributed by atoms with Crippen LogP contribution in [0.25, 0.3) is 0 Å². The highest BCUT2D eigenvalue weighted by Crippen LogP contribution is 2.43. The lowest BCUT2D eigenvalue weighted by Gasteiger charge is -2.48. The molecule has 1 aliphatic rings. The van der Waals surface area contributed by atoms with Gasteiger partial charge in [0.2, 0.25) is 0 Å². The zero-order valence-corrected chi connectivity index (χ0v) is 14.6. The molecule has 0 aliphatic carbocycles. The second-order valence-electron chi connectivity index (χ2n) is 6.90. The van der Waals surface area contributed by atoms with Crippen molar-refractivity contribution < 1.29 is 9.53 Å². The Hall–Kier alpha value is -2.13. The van der Waals surface area contributed by atoms with Crippen LogP contribution in [0.15, 0.2) is 60.7 Å². The summed E-state index contributed by atoms with van der Waals surface area (Å²) in [5.74, 6) is -0.0307. The normalized spacial score (nSPS) is 27.6. The molecule has 0 unspecified atom stereocenters. The van der Waals surface area contributed by atoms with Crippen molar-refractivity contribution in [1.82, 2.24) is 4.90 Å². The maximum atomic E-state index is 12.8. The minimum absolute atomic E-state index is 0.216. The molecule has 1 aliphatic heterocycles. The molecule has 0 bridgehead atoms. The second kappa shape index (κ2) is 6.78. The Bertz CT molecular complexity index is 685. The van der Waals surface area contributed by atoms with Gasteiger partial charge in [0.25, 0.3) is 0 Å². The van der Waals surface area contributed by atoms with E-state index in [1.165, 1.54) is 0 Å². The van der Waals surface area contributed by atoms with Crippen LogP contribution in [0.5, 0.6) is 0 Å². The summed E-state index contributed by atoms with van der Waals surface area (Å²) in [7, 11) is 2.13. The van der Waals surface area contributed by atoms with Crippen molar-refractivity contribution in [2.45, 2.75) is 31.9 Å². The minimum atomic E-state index is -0.583. The molecule has 3 atom stereocenters. The molecule has 1 saturated heterocycles. The first-order valence-electron chi connectivity index (χ1n) is 8.57. The van der Waals surface area contributed by atoms with Crippen LogP contribution in [0.2, 0.25) is 0 Å². The fourth-order valence-electron chi connectivity index (χ4n) is 3.68. The maximum absolute atomic E-state index is 12.8. The summed E-state index contributed by atoms with van der Waals surface area (Å²) >= 11 is 0. The lowest BCUT2D eigenvalue weighted by atomic mass is 9.74. The van der Waals surface area contributed by atoms with Gasteiger partial charge in [-0.2, -0.15) is 0 Å². The molecule has 2 aromatic carbocycles. The molecule has 3 heteroatoms. The van der Waals surface area contributed by atoms with Crippen LogP contribution >= 0.6 is 0 Å². The fraction of sp³-hybridized carbons (Fsp3) is 0.381. The summed E-state index contributed by atoms with van der Waals surface area (Å²) in [4.78, 5) is 15.1. The van der Waals surface area contributed by atoms with E-state index in [1.54, 1.807) is 0 Å². The van der Waals surface area contributed by atoms with Gasteiger partial charge in [0, 0.05) is 24.9 Å². The van der Waals surface area contributed by atoms with Crippen molar-refractivity contribution in [2.75, 3.05) is 13.6 Å². The topological polar surface area (TPSA) is 29.5 Å². The molecule has 3 rings (SSSR count). The van der Waals surface area contributed by atoms with E-state index in [2.05, 4.69) is 37.9 Å². The number of rotatable bonds is 3. The van der Waals surface area contributed by atoms with Gasteiger partial charge in [-0.3, -0.25) is 0 Å². The predicted molar refractivity (Wildman–Crippen MR) is 95.9 cm³/mol. The van der Waals surface area contributed by atoms with Gasteiger partial charge in [-0.15, -0.1) is 0 Å². The van der Waals surface area contributed by atoms with Gasteiger partial charge in [0.05, 0.1) is 5.56 Å². The first kappa shape index (κ1) is 16.7. The number of carbonyl (C=O) groups excluding carboxylic acids is 1. The van der Waals surface area contributed by atoms with Crippen molar-refractivity contribution >= 4 is 5.97 Å². The number of esters is 1. The van der Waals surface area contributed by atoms with Crippen molar-refractivity contribution in [2.24, 2.45) is 5.92 Å². The molecule has 0 saturated carbocycles. The lowest BCUT2D eigenvalue weighted by Crippen LogP contribution is -2.53. The monoisotopic (exact) mass is 323 g/mol. The van der Waals surface area contributed by atoms with Crippen LogP contribution in [0, 0.1) is 5.92 Å². The first-order chi connectivity index (χ1) is 11.5. The Morgan fingerprint density at radius 2 is 1.62 bits per heavy atom.